The van der Waals surface area contributed by atoms with E-state index in [2.05, 4.69) is 20.3 Å². The highest BCUT2D eigenvalue weighted by molar-refractivity contribution is 6.29. The quantitative estimate of drug-likeness (QED) is 0.787. The molecule has 0 aliphatic rings. The van der Waals surface area contributed by atoms with Crippen molar-refractivity contribution in [2.45, 2.75) is 0 Å². The predicted octanol–water partition coefficient (Wildman–Crippen LogP) is 1.85. The number of amides is 1. The van der Waals surface area contributed by atoms with E-state index in [0.29, 0.717) is 10.8 Å². The molecule has 0 fully saturated rings. The first kappa shape index (κ1) is 10.6. The zero-order chi connectivity index (χ0) is 11.5. The van der Waals surface area contributed by atoms with E-state index in [1.807, 2.05) is 0 Å². The van der Waals surface area contributed by atoms with Gasteiger partial charge in [-0.25, -0.2) is 9.97 Å². The Morgan fingerprint density at radius 2 is 2.19 bits per heavy atom. The number of aromatic amines is 1. The molecule has 0 unspecified atom stereocenters. The largest absolute Gasteiger partial charge is 0.318 e. The number of hydrogen-bond acceptors (Lipinski definition) is 3. The molecule has 0 aliphatic heterocycles. The third-order valence-electron chi connectivity index (χ3n) is 1.75. The summed E-state index contributed by atoms with van der Waals surface area (Å²) in [5, 5.41) is 2.80. The van der Waals surface area contributed by atoms with Crippen LogP contribution in [0.15, 0.2) is 24.5 Å². The maximum atomic E-state index is 12.6. The summed E-state index contributed by atoms with van der Waals surface area (Å²) in [6.07, 6.45) is 2.31. The molecule has 0 spiro atoms. The van der Waals surface area contributed by atoms with Crippen molar-refractivity contribution in [1.82, 2.24) is 15.0 Å². The fourth-order valence-electron chi connectivity index (χ4n) is 1.05. The minimum Gasteiger partial charge on any atom is -0.318 e. The zero-order valence-corrected chi connectivity index (χ0v) is 8.62. The molecule has 1 amide bonds. The molecule has 16 heavy (non-hydrogen) atoms. The lowest BCUT2D eigenvalue weighted by Gasteiger charge is -2.01. The zero-order valence-electron chi connectivity index (χ0n) is 7.87. The summed E-state index contributed by atoms with van der Waals surface area (Å²) in [4.78, 5) is 21.0. The van der Waals surface area contributed by atoms with E-state index in [1.165, 1.54) is 12.3 Å². The van der Waals surface area contributed by atoms with Crippen molar-refractivity contribution in [3.8, 4) is 0 Å². The molecule has 0 radical (unpaired) electrons. The van der Waals surface area contributed by atoms with E-state index >= 15 is 0 Å². The second kappa shape index (κ2) is 4.28. The Labute approximate surface area is 94.7 Å². The normalized spacial score (nSPS) is 10.1. The van der Waals surface area contributed by atoms with Gasteiger partial charge in [0.2, 0.25) is 5.95 Å². The van der Waals surface area contributed by atoms with Gasteiger partial charge in [0.1, 0.15) is 5.15 Å². The molecule has 2 heterocycles. The lowest BCUT2D eigenvalue weighted by atomic mass is 10.4. The van der Waals surface area contributed by atoms with Crippen molar-refractivity contribution >= 4 is 23.2 Å². The molecule has 0 bridgehead atoms. The number of aromatic nitrogens is 3. The Kier molecular flexibility index (Phi) is 2.82. The molecular formula is C9H6ClFN4O. The van der Waals surface area contributed by atoms with Gasteiger partial charge in [-0.1, -0.05) is 11.6 Å². The number of imidazole rings is 1. The molecule has 7 heteroatoms. The number of carbonyl (C=O) groups excluding carboxylic acids is 1. The summed E-state index contributed by atoms with van der Waals surface area (Å²) in [6, 6.07) is 3.10. The van der Waals surface area contributed by atoms with Crippen LogP contribution in [0.5, 0.6) is 0 Å². The molecule has 0 atom stereocenters. The molecule has 2 aromatic heterocycles. The third kappa shape index (κ3) is 2.34. The fourth-order valence-corrected chi connectivity index (χ4v) is 1.17. The number of anilines is 1. The van der Waals surface area contributed by atoms with Gasteiger partial charge in [0.25, 0.3) is 5.91 Å². The van der Waals surface area contributed by atoms with Crippen LogP contribution in [0, 0.1) is 5.95 Å². The monoisotopic (exact) mass is 240 g/mol. The Balaban J connectivity index is 2.10. The van der Waals surface area contributed by atoms with Gasteiger partial charge < -0.3 is 10.3 Å². The van der Waals surface area contributed by atoms with Crippen molar-refractivity contribution in [3.63, 3.8) is 0 Å². The third-order valence-corrected chi connectivity index (χ3v) is 1.97. The Morgan fingerprint density at radius 1 is 1.38 bits per heavy atom. The number of pyridine rings is 1. The van der Waals surface area contributed by atoms with E-state index in [0.717, 1.165) is 6.20 Å². The first-order chi connectivity index (χ1) is 7.65. The number of halogens is 2. The van der Waals surface area contributed by atoms with E-state index in [9.17, 15) is 9.18 Å². The Hall–Kier alpha value is -1.95. The van der Waals surface area contributed by atoms with Crippen molar-refractivity contribution in [2.24, 2.45) is 0 Å². The van der Waals surface area contributed by atoms with E-state index < -0.39 is 11.9 Å². The highest BCUT2D eigenvalue weighted by Gasteiger charge is 2.10. The van der Waals surface area contributed by atoms with Crippen LogP contribution in [0.1, 0.15) is 10.6 Å². The van der Waals surface area contributed by atoms with Crippen LogP contribution in [0.3, 0.4) is 0 Å². The lowest BCUT2D eigenvalue weighted by Crippen LogP contribution is -2.13. The number of rotatable bonds is 2. The Morgan fingerprint density at radius 3 is 2.75 bits per heavy atom. The minimum absolute atomic E-state index is 0.104. The second-order valence-corrected chi connectivity index (χ2v) is 3.29. The van der Waals surface area contributed by atoms with Gasteiger partial charge in [0.15, 0.2) is 5.82 Å². The van der Waals surface area contributed by atoms with Crippen molar-refractivity contribution in [3.05, 3.63) is 41.5 Å². The molecule has 0 saturated heterocycles. The van der Waals surface area contributed by atoms with Crippen LogP contribution >= 0.6 is 11.6 Å². The van der Waals surface area contributed by atoms with Gasteiger partial charge in [-0.3, -0.25) is 4.79 Å². The van der Waals surface area contributed by atoms with E-state index in [1.54, 1.807) is 6.07 Å². The maximum Gasteiger partial charge on any atom is 0.291 e. The molecule has 5 nitrogen and oxygen atoms in total. The second-order valence-electron chi connectivity index (χ2n) is 2.90. The van der Waals surface area contributed by atoms with Gasteiger partial charge in [0.05, 0.1) is 18.1 Å². The smallest absolute Gasteiger partial charge is 0.291 e. The van der Waals surface area contributed by atoms with E-state index in [4.69, 9.17) is 11.6 Å². The van der Waals surface area contributed by atoms with Gasteiger partial charge in [-0.05, 0) is 12.1 Å². The minimum atomic E-state index is -0.667. The molecule has 2 rings (SSSR count). The van der Waals surface area contributed by atoms with Crippen LogP contribution in [-0.4, -0.2) is 20.9 Å². The fraction of sp³-hybridized carbons (Fsp3) is 0. The number of nitrogens with zero attached hydrogens (tertiary/aromatic N) is 2. The summed E-state index contributed by atoms with van der Waals surface area (Å²) in [5.41, 5.74) is 0.450. The van der Waals surface area contributed by atoms with Crippen molar-refractivity contribution in [2.75, 3.05) is 5.32 Å². The van der Waals surface area contributed by atoms with Gasteiger partial charge in [0, 0.05) is 0 Å². The standard InChI is InChI=1S/C9H6ClFN4O/c10-6-2-1-5(3-12-6)14-9(16)8-13-4-7(11)15-8/h1-4H,(H,13,15)(H,14,16). The van der Waals surface area contributed by atoms with Crippen molar-refractivity contribution < 1.29 is 9.18 Å². The van der Waals surface area contributed by atoms with Crippen LogP contribution < -0.4 is 5.32 Å². The van der Waals surface area contributed by atoms with Gasteiger partial charge in [-0.15, -0.1) is 0 Å². The summed E-state index contributed by atoms with van der Waals surface area (Å²) in [5.74, 6) is -1.32. The van der Waals surface area contributed by atoms with Gasteiger partial charge >= 0.3 is 0 Å². The highest BCUT2D eigenvalue weighted by Crippen LogP contribution is 2.10. The Bertz CT molecular complexity index is 510. The molecule has 2 N–H and O–H groups in total. The van der Waals surface area contributed by atoms with Crippen LogP contribution in [0.4, 0.5) is 10.1 Å². The molecule has 0 saturated carbocycles. The molecular weight excluding hydrogens is 235 g/mol. The summed E-state index contributed by atoms with van der Waals surface area (Å²) >= 11 is 5.58. The van der Waals surface area contributed by atoms with Crippen LogP contribution in [-0.2, 0) is 0 Å². The highest BCUT2D eigenvalue weighted by atomic mass is 35.5. The van der Waals surface area contributed by atoms with Crippen molar-refractivity contribution in [1.29, 1.82) is 0 Å². The maximum absolute atomic E-state index is 12.6. The predicted molar refractivity (Wildman–Crippen MR) is 55.7 cm³/mol. The summed E-state index contributed by atoms with van der Waals surface area (Å²) in [7, 11) is 0. The molecule has 2 aromatic rings. The first-order valence-electron chi connectivity index (χ1n) is 4.28. The molecule has 0 aliphatic carbocycles. The topological polar surface area (TPSA) is 70.7 Å². The number of H-pyrrole nitrogens is 1. The van der Waals surface area contributed by atoms with Crippen LogP contribution in [0.25, 0.3) is 0 Å². The first-order valence-corrected chi connectivity index (χ1v) is 4.66. The molecule has 82 valence electrons. The van der Waals surface area contributed by atoms with E-state index in [-0.39, 0.29) is 5.82 Å². The SMILES string of the molecule is O=C(Nc1ccc(Cl)nc1)c1ncc(F)[nH]1. The average molecular weight is 241 g/mol. The lowest BCUT2D eigenvalue weighted by molar-refractivity contribution is 0.101. The molecule has 0 aromatic carbocycles. The summed E-state index contributed by atoms with van der Waals surface area (Å²) in [6.45, 7) is 0. The number of nitrogens with one attached hydrogen (secondary N) is 2. The van der Waals surface area contributed by atoms with Crippen LogP contribution in [0.2, 0.25) is 5.15 Å². The average Bonchev–Trinajstić information content (AvgIpc) is 2.68. The summed E-state index contributed by atoms with van der Waals surface area (Å²) < 4.78 is 12.6. The number of carbonyl (C=O) groups is 1. The van der Waals surface area contributed by atoms with Gasteiger partial charge in [-0.2, -0.15) is 4.39 Å². The number of hydrogen-bond donors (Lipinski definition) is 2.